The van der Waals surface area contributed by atoms with Crippen LogP contribution >= 0.6 is 0 Å². The molecule has 0 radical (unpaired) electrons. The summed E-state index contributed by atoms with van der Waals surface area (Å²) < 4.78 is 43.8. The molecule has 1 atom stereocenters. The van der Waals surface area contributed by atoms with Gasteiger partial charge in [-0.05, 0) is 31.2 Å². The molecular weight excluding hydrogens is 247 g/mol. The van der Waals surface area contributed by atoms with Gasteiger partial charge in [0.15, 0.2) is 17.5 Å². The molecule has 1 aromatic rings. The van der Waals surface area contributed by atoms with E-state index in [4.69, 9.17) is 4.74 Å². The molecule has 0 fully saturated rings. The van der Waals surface area contributed by atoms with Crippen LogP contribution in [0.1, 0.15) is 25.5 Å². The number of hydrogen-bond donors (Lipinski definition) is 1. The van der Waals surface area contributed by atoms with Crippen LogP contribution in [0.2, 0.25) is 0 Å². The largest absolute Gasteiger partial charge is 0.465 e. The number of likely N-dealkylation sites (N-methyl/N-ethyl adjacent to an activating group) is 1. The Morgan fingerprint density at radius 2 is 1.83 bits per heavy atom. The molecule has 0 saturated carbocycles. The maximum atomic E-state index is 13.1. The zero-order valence-corrected chi connectivity index (χ0v) is 10.1. The number of carbonyl (C=O) groups is 1. The minimum Gasteiger partial charge on any atom is -0.465 e. The first-order valence-corrected chi connectivity index (χ1v) is 5.55. The molecule has 0 saturated heterocycles. The van der Waals surface area contributed by atoms with Crippen molar-refractivity contribution in [3.63, 3.8) is 0 Å². The highest BCUT2D eigenvalue weighted by Gasteiger charge is 2.23. The Labute approximate surface area is 103 Å². The van der Waals surface area contributed by atoms with E-state index in [1.165, 1.54) is 0 Å². The van der Waals surface area contributed by atoms with Gasteiger partial charge in [-0.2, -0.15) is 0 Å². The molecule has 6 heteroatoms. The fourth-order valence-electron chi connectivity index (χ4n) is 1.51. The summed E-state index contributed by atoms with van der Waals surface area (Å²) in [7, 11) is 0. The first-order valence-electron chi connectivity index (χ1n) is 5.55. The average Bonchev–Trinajstić information content (AvgIpc) is 2.32. The average molecular weight is 261 g/mol. The monoisotopic (exact) mass is 261 g/mol. The summed E-state index contributed by atoms with van der Waals surface area (Å²) in [5.74, 6) is -4.89. The van der Waals surface area contributed by atoms with Crippen LogP contribution in [0.5, 0.6) is 0 Å². The van der Waals surface area contributed by atoms with Gasteiger partial charge < -0.3 is 10.1 Å². The van der Waals surface area contributed by atoms with Crippen LogP contribution in [0.4, 0.5) is 13.2 Å². The fourth-order valence-corrected chi connectivity index (χ4v) is 1.51. The van der Waals surface area contributed by atoms with Crippen molar-refractivity contribution in [2.75, 3.05) is 13.2 Å². The van der Waals surface area contributed by atoms with Gasteiger partial charge in [-0.3, -0.25) is 0 Å². The molecule has 0 bridgehead atoms. The van der Waals surface area contributed by atoms with E-state index in [1.807, 2.05) is 0 Å². The van der Waals surface area contributed by atoms with Gasteiger partial charge in [0, 0.05) is 0 Å². The summed E-state index contributed by atoms with van der Waals surface area (Å²) in [6.45, 7) is 3.88. The Morgan fingerprint density at radius 1 is 1.28 bits per heavy atom. The van der Waals surface area contributed by atoms with Crippen LogP contribution in [0, 0.1) is 17.5 Å². The molecule has 0 amide bonds. The van der Waals surface area contributed by atoms with Crippen molar-refractivity contribution in [3.8, 4) is 0 Å². The van der Waals surface area contributed by atoms with Gasteiger partial charge >= 0.3 is 5.97 Å². The van der Waals surface area contributed by atoms with Crippen LogP contribution in [0.3, 0.4) is 0 Å². The van der Waals surface area contributed by atoms with Crippen LogP contribution in [0.25, 0.3) is 0 Å². The minimum atomic E-state index is -1.56. The van der Waals surface area contributed by atoms with Gasteiger partial charge in [0.2, 0.25) is 0 Å². The molecule has 1 unspecified atom stereocenters. The molecule has 0 aliphatic heterocycles. The van der Waals surface area contributed by atoms with Gasteiger partial charge in [-0.25, -0.2) is 18.0 Å². The molecule has 0 spiro atoms. The maximum Gasteiger partial charge on any atom is 0.327 e. The van der Waals surface area contributed by atoms with Gasteiger partial charge in [0.1, 0.15) is 6.04 Å². The normalized spacial score (nSPS) is 12.3. The first-order chi connectivity index (χ1) is 8.51. The van der Waals surface area contributed by atoms with Gasteiger partial charge in [-0.1, -0.05) is 6.92 Å². The van der Waals surface area contributed by atoms with E-state index < -0.39 is 29.5 Å². The molecule has 100 valence electrons. The molecule has 0 aliphatic rings. The molecule has 1 aromatic carbocycles. The molecule has 0 aromatic heterocycles. The van der Waals surface area contributed by atoms with Crippen molar-refractivity contribution in [1.82, 2.24) is 5.32 Å². The van der Waals surface area contributed by atoms with E-state index in [0.717, 1.165) is 12.1 Å². The number of nitrogens with one attached hydrogen (secondary N) is 1. The van der Waals surface area contributed by atoms with Crippen molar-refractivity contribution in [3.05, 3.63) is 35.1 Å². The Kier molecular flexibility index (Phi) is 5.15. The lowest BCUT2D eigenvalue weighted by Gasteiger charge is -2.17. The molecule has 18 heavy (non-hydrogen) atoms. The summed E-state index contributed by atoms with van der Waals surface area (Å²) in [6.07, 6.45) is 0. The molecule has 1 N–H and O–H groups in total. The first kappa shape index (κ1) is 14.5. The third kappa shape index (κ3) is 3.22. The quantitative estimate of drug-likeness (QED) is 0.653. The maximum absolute atomic E-state index is 13.1. The SMILES string of the molecule is CCNC(C(=O)OCC)c1cc(F)c(F)c(F)c1. The number of rotatable bonds is 5. The van der Waals surface area contributed by atoms with E-state index >= 15 is 0 Å². The third-order valence-corrected chi connectivity index (χ3v) is 2.27. The number of benzene rings is 1. The summed E-state index contributed by atoms with van der Waals surface area (Å²) in [5, 5.41) is 2.73. The topological polar surface area (TPSA) is 38.3 Å². The van der Waals surface area contributed by atoms with E-state index in [9.17, 15) is 18.0 Å². The van der Waals surface area contributed by atoms with Crippen LogP contribution in [0.15, 0.2) is 12.1 Å². The van der Waals surface area contributed by atoms with Crippen molar-refractivity contribution in [1.29, 1.82) is 0 Å². The number of ether oxygens (including phenoxy) is 1. The molecule has 3 nitrogen and oxygen atoms in total. The van der Waals surface area contributed by atoms with E-state index in [-0.39, 0.29) is 12.2 Å². The second-order valence-electron chi connectivity index (χ2n) is 3.54. The lowest BCUT2D eigenvalue weighted by atomic mass is 10.1. The van der Waals surface area contributed by atoms with Crippen LogP contribution in [-0.2, 0) is 9.53 Å². The fraction of sp³-hybridized carbons (Fsp3) is 0.417. The van der Waals surface area contributed by atoms with Gasteiger partial charge in [0.25, 0.3) is 0 Å². The van der Waals surface area contributed by atoms with Crippen molar-refractivity contribution in [2.24, 2.45) is 0 Å². The number of esters is 1. The van der Waals surface area contributed by atoms with Gasteiger partial charge in [0.05, 0.1) is 6.61 Å². The van der Waals surface area contributed by atoms with E-state index in [1.54, 1.807) is 13.8 Å². The van der Waals surface area contributed by atoms with E-state index in [0.29, 0.717) is 6.54 Å². The highest BCUT2D eigenvalue weighted by atomic mass is 19.2. The second-order valence-corrected chi connectivity index (χ2v) is 3.54. The van der Waals surface area contributed by atoms with Crippen molar-refractivity contribution in [2.45, 2.75) is 19.9 Å². The van der Waals surface area contributed by atoms with Crippen molar-refractivity contribution >= 4 is 5.97 Å². The predicted molar refractivity (Wildman–Crippen MR) is 59.4 cm³/mol. The lowest BCUT2D eigenvalue weighted by molar-refractivity contribution is -0.145. The number of carbonyl (C=O) groups excluding carboxylic acids is 1. The smallest absolute Gasteiger partial charge is 0.327 e. The van der Waals surface area contributed by atoms with Crippen LogP contribution < -0.4 is 5.32 Å². The molecule has 1 rings (SSSR count). The Bertz CT molecular complexity index is 414. The zero-order chi connectivity index (χ0) is 13.7. The minimum absolute atomic E-state index is 0.00769. The zero-order valence-electron chi connectivity index (χ0n) is 10.1. The standard InChI is InChI=1S/C12H14F3NO2/c1-3-16-11(12(17)18-4-2)7-5-8(13)10(15)9(14)6-7/h5-6,11,16H,3-4H2,1-2H3. The highest BCUT2D eigenvalue weighted by molar-refractivity contribution is 5.77. The number of halogens is 3. The summed E-state index contributed by atoms with van der Waals surface area (Å²) in [5.41, 5.74) is -0.00769. The molecule has 0 aliphatic carbocycles. The van der Waals surface area contributed by atoms with Crippen molar-refractivity contribution < 1.29 is 22.7 Å². The highest BCUT2D eigenvalue weighted by Crippen LogP contribution is 2.20. The Balaban J connectivity index is 3.09. The Morgan fingerprint density at radius 3 is 2.28 bits per heavy atom. The Hall–Kier alpha value is -1.56. The summed E-state index contributed by atoms with van der Waals surface area (Å²) in [6, 6.07) is 0.547. The predicted octanol–water partition coefficient (Wildman–Crippen LogP) is 2.32. The lowest BCUT2D eigenvalue weighted by Crippen LogP contribution is -2.30. The molecular formula is C12H14F3NO2. The number of hydrogen-bond acceptors (Lipinski definition) is 3. The third-order valence-electron chi connectivity index (χ3n) is 2.27. The van der Waals surface area contributed by atoms with E-state index in [2.05, 4.69) is 5.32 Å². The molecule has 0 heterocycles. The summed E-state index contributed by atoms with van der Waals surface area (Å²) in [4.78, 5) is 11.6. The summed E-state index contributed by atoms with van der Waals surface area (Å²) >= 11 is 0. The second kappa shape index (κ2) is 6.39. The van der Waals surface area contributed by atoms with Gasteiger partial charge in [-0.15, -0.1) is 0 Å². The van der Waals surface area contributed by atoms with Crippen LogP contribution in [-0.4, -0.2) is 19.1 Å².